The number of rotatable bonds is 6. The summed E-state index contributed by atoms with van der Waals surface area (Å²) in [6.45, 7) is 1.81. The van der Waals surface area contributed by atoms with Crippen LogP contribution in [0.2, 0.25) is 0 Å². The molecule has 0 aliphatic rings. The Morgan fingerprint density at radius 2 is 1.75 bits per heavy atom. The Balaban J connectivity index is 1.76. The van der Waals surface area contributed by atoms with Gasteiger partial charge in [-0.05, 0) is 61.0 Å². The maximum Gasteiger partial charge on any atom is 0.265 e. The lowest BCUT2D eigenvalue weighted by molar-refractivity contribution is 0.402. The minimum Gasteiger partial charge on any atom is -0.495 e. The number of nitrogens with one attached hydrogen (secondary N) is 2. The summed E-state index contributed by atoms with van der Waals surface area (Å²) in [7, 11) is -2.40. The van der Waals surface area contributed by atoms with E-state index < -0.39 is 10.0 Å². The molecule has 0 unspecified atom stereocenters. The Morgan fingerprint density at radius 3 is 2.36 bits per heavy atom. The van der Waals surface area contributed by atoms with E-state index in [1.54, 1.807) is 54.6 Å². The SMILES string of the molecule is COc1ccc(C)cc1S(=O)(=O)Nc1ccc(Nc2ccc(C#N)cc2)nc1. The third-order valence-electron chi connectivity index (χ3n) is 3.91. The van der Waals surface area contributed by atoms with Crippen LogP contribution in [0.3, 0.4) is 0 Å². The highest BCUT2D eigenvalue weighted by Crippen LogP contribution is 2.27. The number of aryl methyl sites for hydroxylation is 1. The minimum absolute atomic E-state index is 0.0646. The molecule has 0 saturated heterocycles. The molecule has 3 rings (SSSR count). The van der Waals surface area contributed by atoms with Crippen molar-refractivity contribution < 1.29 is 13.2 Å². The predicted octanol–water partition coefficient (Wildman–Crippen LogP) is 3.81. The van der Waals surface area contributed by atoms with Gasteiger partial charge < -0.3 is 10.1 Å². The van der Waals surface area contributed by atoms with Gasteiger partial charge >= 0.3 is 0 Å². The van der Waals surface area contributed by atoms with Gasteiger partial charge in [-0.2, -0.15) is 5.26 Å². The summed E-state index contributed by atoms with van der Waals surface area (Å²) >= 11 is 0. The molecule has 0 saturated carbocycles. The van der Waals surface area contributed by atoms with E-state index in [-0.39, 0.29) is 10.6 Å². The van der Waals surface area contributed by atoms with E-state index in [1.165, 1.54) is 13.3 Å². The first kappa shape index (κ1) is 19.2. The van der Waals surface area contributed by atoms with E-state index in [9.17, 15) is 8.42 Å². The van der Waals surface area contributed by atoms with Crippen LogP contribution >= 0.6 is 0 Å². The van der Waals surface area contributed by atoms with Crippen molar-refractivity contribution in [2.75, 3.05) is 17.1 Å². The highest BCUT2D eigenvalue weighted by molar-refractivity contribution is 7.92. The second kappa shape index (κ2) is 7.98. The van der Waals surface area contributed by atoms with Crippen LogP contribution in [-0.4, -0.2) is 20.5 Å². The van der Waals surface area contributed by atoms with Crippen LogP contribution in [0.1, 0.15) is 11.1 Å². The minimum atomic E-state index is -3.82. The zero-order valence-electron chi connectivity index (χ0n) is 15.3. The van der Waals surface area contributed by atoms with E-state index in [0.717, 1.165) is 11.3 Å². The number of sulfonamides is 1. The number of aromatic nitrogens is 1. The summed E-state index contributed by atoms with van der Waals surface area (Å²) in [5.74, 6) is 0.811. The maximum absolute atomic E-state index is 12.7. The van der Waals surface area contributed by atoms with E-state index in [0.29, 0.717) is 17.1 Å². The Labute approximate surface area is 163 Å². The fourth-order valence-electron chi connectivity index (χ4n) is 2.51. The molecular weight excluding hydrogens is 376 g/mol. The summed E-state index contributed by atoms with van der Waals surface area (Å²) < 4.78 is 33.1. The normalized spacial score (nSPS) is 10.8. The highest BCUT2D eigenvalue weighted by Gasteiger charge is 2.20. The van der Waals surface area contributed by atoms with Gasteiger partial charge in [0.2, 0.25) is 0 Å². The first-order valence-corrected chi connectivity index (χ1v) is 9.80. The number of nitrogens with zero attached hydrogens (tertiary/aromatic N) is 2. The van der Waals surface area contributed by atoms with Crippen LogP contribution in [0.15, 0.2) is 65.7 Å². The molecule has 8 heteroatoms. The fraction of sp³-hybridized carbons (Fsp3) is 0.100. The monoisotopic (exact) mass is 394 g/mol. The first-order chi connectivity index (χ1) is 13.4. The van der Waals surface area contributed by atoms with Gasteiger partial charge in [-0.15, -0.1) is 0 Å². The lowest BCUT2D eigenvalue weighted by Crippen LogP contribution is -2.14. The predicted molar refractivity (Wildman–Crippen MR) is 107 cm³/mol. The molecule has 2 aromatic carbocycles. The van der Waals surface area contributed by atoms with Crippen LogP contribution in [0, 0.1) is 18.3 Å². The number of benzene rings is 2. The Hall–Kier alpha value is -3.57. The zero-order valence-corrected chi connectivity index (χ0v) is 16.1. The Bertz CT molecular complexity index is 1120. The van der Waals surface area contributed by atoms with E-state index in [4.69, 9.17) is 10.00 Å². The third kappa shape index (κ3) is 4.39. The van der Waals surface area contributed by atoms with Crippen molar-refractivity contribution >= 4 is 27.2 Å². The molecule has 1 heterocycles. The maximum atomic E-state index is 12.7. The summed E-state index contributed by atoms with van der Waals surface area (Å²) in [5.41, 5.74) is 2.47. The summed E-state index contributed by atoms with van der Waals surface area (Å²) in [6, 6.07) is 17.2. The highest BCUT2D eigenvalue weighted by atomic mass is 32.2. The molecule has 0 atom stereocenters. The number of pyridine rings is 1. The molecule has 0 amide bonds. The van der Waals surface area contributed by atoms with Gasteiger partial charge in [-0.1, -0.05) is 6.07 Å². The van der Waals surface area contributed by atoms with Gasteiger partial charge in [0.05, 0.1) is 30.6 Å². The van der Waals surface area contributed by atoms with E-state index >= 15 is 0 Å². The number of ether oxygens (including phenoxy) is 1. The summed E-state index contributed by atoms with van der Waals surface area (Å²) in [6.07, 6.45) is 1.42. The van der Waals surface area contributed by atoms with Crippen molar-refractivity contribution in [1.29, 1.82) is 5.26 Å². The molecule has 3 aromatic rings. The van der Waals surface area contributed by atoms with Gasteiger partial charge in [0.15, 0.2) is 0 Å². The quantitative estimate of drug-likeness (QED) is 0.659. The van der Waals surface area contributed by atoms with Gasteiger partial charge in [0.1, 0.15) is 16.5 Å². The van der Waals surface area contributed by atoms with Crippen molar-refractivity contribution in [3.05, 3.63) is 71.9 Å². The van der Waals surface area contributed by atoms with Gasteiger partial charge in [-0.3, -0.25) is 4.72 Å². The second-order valence-corrected chi connectivity index (χ2v) is 7.66. The summed E-state index contributed by atoms with van der Waals surface area (Å²) in [4.78, 5) is 4.28. The van der Waals surface area contributed by atoms with E-state index in [2.05, 4.69) is 21.1 Å². The fourth-order valence-corrected chi connectivity index (χ4v) is 3.81. The molecule has 28 heavy (non-hydrogen) atoms. The second-order valence-electron chi connectivity index (χ2n) is 6.01. The third-order valence-corrected chi connectivity index (χ3v) is 5.31. The Kier molecular flexibility index (Phi) is 5.47. The number of hydrogen-bond donors (Lipinski definition) is 2. The molecule has 0 radical (unpaired) electrons. The number of methoxy groups -OCH3 is 1. The van der Waals surface area contributed by atoms with Crippen LogP contribution in [-0.2, 0) is 10.0 Å². The molecule has 0 aliphatic heterocycles. The molecular formula is C20H18N4O3S. The standard InChI is InChI=1S/C20H18N4O3S/c1-14-3-9-18(27-2)19(11-14)28(25,26)24-17-8-10-20(22-13-17)23-16-6-4-15(12-21)5-7-16/h3-11,13,24H,1-2H3,(H,22,23). The molecule has 0 bridgehead atoms. The van der Waals surface area contributed by atoms with Crippen LogP contribution in [0.5, 0.6) is 5.75 Å². The average molecular weight is 394 g/mol. The smallest absolute Gasteiger partial charge is 0.265 e. The molecule has 0 aliphatic carbocycles. The average Bonchev–Trinajstić information content (AvgIpc) is 2.70. The van der Waals surface area contributed by atoms with Crippen molar-refractivity contribution in [2.45, 2.75) is 11.8 Å². The molecule has 7 nitrogen and oxygen atoms in total. The van der Waals surface area contributed by atoms with E-state index in [1.807, 2.05) is 6.92 Å². The summed E-state index contributed by atoms with van der Waals surface area (Å²) in [5, 5.41) is 11.9. The van der Waals surface area contributed by atoms with Crippen molar-refractivity contribution in [2.24, 2.45) is 0 Å². The van der Waals surface area contributed by atoms with Crippen LogP contribution in [0.4, 0.5) is 17.2 Å². The molecule has 142 valence electrons. The largest absolute Gasteiger partial charge is 0.495 e. The molecule has 2 N–H and O–H groups in total. The molecule has 0 spiro atoms. The van der Waals surface area contributed by atoms with Crippen molar-refractivity contribution in [3.8, 4) is 11.8 Å². The molecule has 1 aromatic heterocycles. The van der Waals surface area contributed by atoms with Crippen LogP contribution in [0.25, 0.3) is 0 Å². The van der Waals surface area contributed by atoms with Gasteiger partial charge in [-0.25, -0.2) is 13.4 Å². The Morgan fingerprint density at radius 1 is 1.04 bits per heavy atom. The lowest BCUT2D eigenvalue weighted by atomic mass is 10.2. The first-order valence-electron chi connectivity index (χ1n) is 8.32. The zero-order chi connectivity index (χ0) is 20.1. The molecule has 0 fully saturated rings. The number of hydrogen-bond acceptors (Lipinski definition) is 6. The number of nitriles is 1. The number of anilines is 3. The van der Waals surface area contributed by atoms with Gasteiger partial charge in [0.25, 0.3) is 10.0 Å². The van der Waals surface area contributed by atoms with Crippen molar-refractivity contribution in [1.82, 2.24) is 4.98 Å². The lowest BCUT2D eigenvalue weighted by Gasteiger charge is -2.12. The topological polar surface area (TPSA) is 104 Å². The van der Waals surface area contributed by atoms with Gasteiger partial charge in [0, 0.05) is 5.69 Å². The van der Waals surface area contributed by atoms with Crippen molar-refractivity contribution in [3.63, 3.8) is 0 Å². The van der Waals surface area contributed by atoms with Crippen LogP contribution < -0.4 is 14.8 Å².